The summed E-state index contributed by atoms with van der Waals surface area (Å²) in [6.07, 6.45) is 0.116. The molecule has 2 heterocycles. The molecule has 1 fully saturated rings. The number of likely N-dealkylation sites (tertiary alicyclic amines) is 1. The fraction of sp³-hybridized carbons (Fsp3) is 0.333. The predicted octanol–water partition coefficient (Wildman–Crippen LogP) is 5.16. The number of aromatic amines is 1. The number of aldehydes is 1. The van der Waals surface area contributed by atoms with Crippen molar-refractivity contribution in [1.29, 1.82) is 0 Å². The first-order valence-electron chi connectivity index (χ1n) is 14.3. The van der Waals surface area contributed by atoms with Gasteiger partial charge in [0, 0.05) is 25.8 Å². The van der Waals surface area contributed by atoms with E-state index in [9.17, 15) is 14.4 Å². The monoisotopic (exact) mass is 584 g/mol. The summed E-state index contributed by atoms with van der Waals surface area (Å²) in [7, 11) is 1.41. The summed E-state index contributed by atoms with van der Waals surface area (Å²) in [4.78, 5) is 42.4. The highest BCUT2D eigenvalue weighted by atomic mass is 16.7. The smallest absolute Gasteiger partial charge is 0.412 e. The highest BCUT2D eigenvalue weighted by Crippen LogP contribution is 2.31. The quantitative estimate of drug-likeness (QED) is 0.202. The normalized spacial score (nSPS) is 15.1. The van der Waals surface area contributed by atoms with Crippen LogP contribution < -0.4 is 10.4 Å². The lowest BCUT2D eigenvalue weighted by molar-refractivity contribution is -0.129. The van der Waals surface area contributed by atoms with Gasteiger partial charge in [0.25, 0.3) is 0 Å². The van der Waals surface area contributed by atoms with Gasteiger partial charge >= 0.3 is 11.8 Å². The molecule has 0 aliphatic carbocycles. The maximum Gasteiger partial charge on any atom is 0.412 e. The highest BCUT2D eigenvalue weighted by molar-refractivity contribution is 5.70. The van der Waals surface area contributed by atoms with Gasteiger partial charge in [-0.3, -0.25) is 4.98 Å². The molecule has 1 amide bonds. The van der Waals surface area contributed by atoms with E-state index in [4.69, 9.17) is 14.2 Å². The van der Waals surface area contributed by atoms with Crippen LogP contribution in [0.1, 0.15) is 47.1 Å². The molecule has 3 aromatic carbocycles. The maximum absolute atomic E-state index is 13.1. The number of benzene rings is 3. The van der Waals surface area contributed by atoms with Crippen LogP contribution in [0.15, 0.2) is 77.6 Å². The molecule has 0 spiro atoms. The molecule has 1 aromatic heterocycles. The number of hydrogen-bond acceptors (Lipinski definition) is 7. The Balaban J connectivity index is 1.21. The molecule has 5 rings (SSSR count). The SMILES string of the molecule is COC(OC(=O)N1CCC(n2nc(-c3ccccc3)[nH]c2=O)CC1)C(C=O)c1cc(C)c(OCc2ccccc2)c(C)c1. The molecule has 0 radical (unpaired) electrons. The van der Waals surface area contributed by atoms with Gasteiger partial charge in [0.15, 0.2) is 5.82 Å². The van der Waals surface area contributed by atoms with Gasteiger partial charge in [0.1, 0.15) is 24.6 Å². The predicted molar refractivity (Wildman–Crippen MR) is 161 cm³/mol. The van der Waals surface area contributed by atoms with Gasteiger partial charge in [-0.25, -0.2) is 14.3 Å². The van der Waals surface area contributed by atoms with Crippen molar-refractivity contribution in [3.63, 3.8) is 0 Å². The molecule has 2 atom stereocenters. The van der Waals surface area contributed by atoms with Crippen LogP contribution in [-0.2, 0) is 20.9 Å². The standard InChI is InChI=1S/C33H36N4O6/c1-22-18-26(19-23(2)29(22)42-21-24-10-6-4-7-11-24)28(20-38)31(41-3)43-33(40)36-16-14-27(15-17-36)37-32(39)34-30(35-37)25-12-8-5-9-13-25/h4-13,18-20,27-28,31H,14-17,21H2,1-3H3,(H,34,35,39). The Kier molecular flexibility index (Phi) is 9.36. The third-order valence-corrected chi connectivity index (χ3v) is 7.74. The highest BCUT2D eigenvalue weighted by Gasteiger charge is 2.32. The Morgan fingerprint density at radius 3 is 2.26 bits per heavy atom. The molecule has 10 nitrogen and oxygen atoms in total. The fourth-order valence-corrected chi connectivity index (χ4v) is 5.48. The van der Waals surface area contributed by atoms with Crippen LogP contribution in [0.5, 0.6) is 5.75 Å². The number of carbonyl (C=O) groups excluding carboxylic acids is 2. The van der Waals surface area contributed by atoms with Crippen molar-refractivity contribution in [3.05, 3.63) is 106 Å². The summed E-state index contributed by atoms with van der Waals surface area (Å²) < 4.78 is 18.7. The minimum atomic E-state index is -1.11. The average molecular weight is 585 g/mol. The summed E-state index contributed by atoms with van der Waals surface area (Å²) >= 11 is 0. The van der Waals surface area contributed by atoms with Crippen molar-refractivity contribution < 1.29 is 23.8 Å². The second kappa shape index (κ2) is 13.5. The molecule has 0 saturated carbocycles. The molecule has 2 unspecified atom stereocenters. The van der Waals surface area contributed by atoms with Gasteiger partial charge < -0.3 is 23.9 Å². The number of aryl methyl sites for hydroxylation is 2. The molecule has 224 valence electrons. The number of hydrogen-bond donors (Lipinski definition) is 1. The zero-order valence-electron chi connectivity index (χ0n) is 24.6. The topological polar surface area (TPSA) is 116 Å². The van der Waals surface area contributed by atoms with Crippen molar-refractivity contribution in [1.82, 2.24) is 19.7 Å². The molecule has 1 N–H and O–H groups in total. The number of rotatable bonds is 10. The first-order valence-corrected chi connectivity index (χ1v) is 14.3. The van der Waals surface area contributed by atoms with Gasteiger partial charge in [-0.15, -0.1) is 5.10 Å². The van der Waals surface area contributed by atoms with Gasteiger partial charge in [-0.05, 0) is 48.9 Å². The summed E-state index contributed by atoms with van der Waals surface area (Å²) in [5, 5.41) is 4.50. The summed E-state index contributed by atoms with van der Waals surface area (Å²) in [5.41, 5.74) is 4.00. The number of amides is 1. The Bertz CT molecular complexity index is 1570. The molecule has 1 aliphatic heterocycles. The van der Waals surface area contributed by atoms with Crippen LogP contribution in [0.2, 0.25) is 0 Å². The zero-order valence-corrected chi connectivity index (χ0v) is 24.6. The number of ether oxygens (including phenoxy) is 3. The molecule has 43 heavy (non-hydrogen) atoms. The van der Waals surface area contributed by atoms with Gasteiger partial charge in [-0.1, -0.05) is 72.8 Å². The van der Waals surface area contributed by atoms with Crippen molar-refractivity contribution in [2.75, 3.05) is 20.2 Å². The minimum absolute atomic E-state index is 0.153. The first-order chi connectivity index (χ1) is 20.9. The molecule has 0 bridgehead atoms. The number of nitrogens with one attached hydrogen (secondary N) is 1. The molecule has 1 saturated heterocycles. The second-order valence-corrected chi connectivity index (χ2v) is 10.7. The number of H-pyrrole nitrogens is 1. The van der Waals surface area contributed by atoms with Crippen molar-refractivity contribution in [3.8, 4) is 17.1 Å². The zero-order chi connectivity index (χ0) is 30.3. The second-order valence-electron chi connectivity index (χ2n) is 10.7. The Morgan fingerprint density at radius 2 is 1.65 bits per heavy atom. The molecule has 10 heteroatoms. The van der Waals surface area contributed by atoms with E-state index in [1.54, 1.807) is 4.90 Å². The van der Waals surface area contributed by atoms with E-state index in [2.05, 4.69) is 10.1 Å². The van der Waals surface area contributed by atoms with Crippen LogP contribution in [0.4, 0.5) is 4.79 Å². The van der Waals surface area contributed by atoms with E-state index in [0.29, 0.717) is 43.9 Å². The number of nitrogens with zero attached hydrogens (tertiary/aromatic N) is 3. The van der Waals surface area contributed by atoms with Crippen molar-refractivity contribution in [2.45, 2.75) is 51.5 Å². The number of aromatic nitrogens is 3. The van der Waals surface area contributed by atoms with Gasteiger partial charge in [-0.2, -0.15) is 0 Å². The fourth-order valence-electron chi connectivity index (χ4n) is 5.48. The van der Waals surface area contributed by atoms with Gasteiger partial charge in [0.05, 0.1) is 6.04 Å². The third-order valence-electron chi connectivity index (χ3n) is 7.74. The lowest BCUT2D eigenvalue weighted by atomic mass is 9.95. The number of methoxy groups -OCH3 is 1. The Labute approximate surface area is 250 Å². The van der Waals surface area contributed by atoms with Crippen LogP contribution in [0.3, 0.4) is 0 Å². The van der Waals surface area contributed by atoms with Gasteiger partial charge in [0.2, 0.25) is 6.29 Å². The van der Waals surface area contributed by atoms with Crippen LogP contribution in [-0.4, -0.2) is 58.5 Å². The van der Waals surface area contributed by atoms with E-state index >= 15 is 0 Å². The van der Waals surface area contributed by atoms with Crippen LogP contribution in [0, 0.1) is 13.8 Å². The number of piperidine rings is 1. The summed E-state index contributed by atoms with van der Waals surface area (Å²) in [6.45, 7) is 5.01. The van der Waals surface area contributed by atoms with Crippen LogP contribution in [0.25, 0.3) is 11.4 Å². The number of carbonyl (C=O) groups is 2. The maximum atomic E-state index is 13.1. The summed E-state index contributed by atoms with van der Waals surface area (Å²) in [6, 6.07) is 22.9. The Morgan fingerprint density at radius 1 is 1.02 bits per heavy atom. The molecular formula is C33H36N4O6. The van der Waals surface area contributed by atoms with E-state index in [1.807, 2.05) is 86.6 Å². The molecule has 4 aromatic rings. The van der Waals surface area contributed by atoms with Crippen LogP contribution >= 0.6 is 0 Å². The average Bonchev–Trinajstić information content (AvgIpc) is 3.42. The lowest BCUT2D eigenvalue weighted by Gasteiger charge is -2.32. The first kappa shape index (κ1) is 29.8. The van der Waals surface area contributed by atoms with E-state index in [0.717, 1.165) is 34.3 Å². The van der Waals surface area contributed by atoms with E-state index < -0.39 is 18.3 Å². The largest absolute Gasteiger partial charge is 0.488 e. The minimum Gasteiger partial charge on any atom is -0.488 e. The molecular weight excluding hydrogens is 548 g/mol. The van der Waals surface area contributed by atoms with Crippen molar-refractivity contribution >= 4 is 12.4 Å². The van der Waals surface area contributed by atoms with E-state index in [1.165, 1.54) is 11.8 Å². The van der Waals surface area contributed by atoms with E-state index in [-0.39, 0.29) is 11.7 Å². The molecule has 1 aliphatic rings. The van der Waals surface area contributed by atoms with Crippen molar-refractivity contribution in [2.24, 2.45) is 0 Å². The third kappa shape index (κ3) is 6.86. The Hall–Kier alpha value is -4.70. The lowest BCUT2D eigenvalue weighted by Crippen LogP contribution is -2.43. The summed E-state index contributed by atoms with van der Waals surface area (Å²) in [5.74, 6) is 0.431.